The largest absolute Gasteiger partial charge is 0.462 e. The molecule has 1 N–H and O–H groups in total. The molecule has 0 spiro atoms. The van der Waals surface area contributed by atoms with E-state index in [0.29, 0.717) is 36.3 Å². The Balaban J connectivity index is 1.53. The van der Waals surface area contributed by atoms with Gasteiger partial charge in [0.1, 0.15) is 29.7 Å². The molecule has 0 radical (unpaired) electrons. The number of anilines is 1. The van der Waals surface area contributed by atoms with E-state index < -0.39 is 0 Å². The van der Waals surface area contributed by atoms with Crippen LogP contribution in [-0.2, 0) is 24.2 Å². The third-order valence-electron chi connectivity index (χ3n) is 4.99. The zero-order valence-electron chi connectivity index (χ0n) is 15.9. The molecule has 4 rings (SSSR count). The molecule has 0 aromatic carbocycles. The van der Waals surface area contributed by atoms with Gasteiger partial charge in [0.2, 0.25) is 0 Å². The quantitative estimate of drug-likeness (QED) is 0.550. The fourth-order valence-electron chi connectivity index (χ4n) is 3.40. The fourth-order valence-corrected chi connectivity index (χ4v) is 4.66. The number of aryl methyl sites for hydroxylation is 1. The van der Waals surface area contributed by atoms with Crippen LogP contribution in [-0.4, -0.2) is 47.3 Å². The van der Waals surface area contributed by atoms with E-state index in [1.165, 1.54) is 0 Å². The van der Waals surface area contributed by atoms with Gasteiger partial charge in [0.25, 0.3) is 5.19 Å². The summed E-state index contributed by atoms with van der Waals surface area (Å²) in [6.45, 7) is 5.48. The predicted octanol–water partition coefficient (Wildman–Crippen LogP) is 2.64. The highest BCUT2D eigenvalue weighted by Gasteiger charge is 2.27. The number of ether oxygens (including phenoxy) is 2. The van der Waals surface area contributed by atoms with Gasteiger partial charge in [-0.25, -0.2) is 9.97 Å². The van der Waals surface area contributed by atoms with E-state index in [1.54, 1.807) is 11.3 Å². The Hall–Kier alpha value is -2.43. The van der Waals surface area contributed by atoms with Gasteiger partial charge < -0.3 is 14.8 Å². The van der Waals surface area contributed by atoms with Crippen LogP contribution >= 0.6 is 22.9 Å². The molecule has 0 saturated carbocycles. The van der Waals surface area contributed by atoms with Gasteiger partial charge in [-0.3, -0.25) is 4.90 Å². The summed E-state index contributed by atoms with van der Waals surface area (Å²) in [6.07, 6.45) is 0.824. The van der Waals surface area contributed by atoms with Crippen molar-refractivity contribution >= 4 is 28.8 Å². The predicted molar refractivity (Wildman–Crippen MR) is 108 cm³/mol. The minimum atomic E-state index is 0.0995. The van der Waals surface area contributed by atoms with Crippen molar-refractivity contribution in [3.8, 4) is 17.3 Å². The van der Waals surface area contributed by atoms with Crippen LogP contribution in [0, 0.1) is 29.6 Å². The number of pyridine rings is 1. The number of nitriles is 2. The monoisotopic (exact) mass is 430 g/mol. The van der Waals surface area contributed by atoms with Gasteiger partial charge in [0, 0.05) is 30.1 Å². The van der Waals surface area contributed by atoms with Crippen molar-refractivity contribution in [1.82, 2.24) is 14.9 Å². The van der Waals surface area contributed by atoms with E-state index in [1.807, 2.05) is 13.0 Å². The molecule has 150 valence electrons. The lowest BCUT2D eigenvalue weighted by Gasteiger charge is -2.30. The Labute approximate surface area is 177 Å². The highest BCUT2D eigenvalue weighted by atomic mass is 35.5. The number of rotatable bonds is 6. The lowest BCUT2D eigenvalue weighted by Crippen LogP contribution is -2.38. The summed E-state index contributed by atoms with van der Waals surface area (Å²) in [6, 6.07) is 4.23. The molecule has 8 nitrogen and oxygen atoms in total. The first-order valence-electron chi connectivity index (χ1n) is 9.24. The summed E-state index contributed by atoms with van der Waals surface area (Å²) in [5.41, 5.74) is 3.21. The molecule has 2 aromatic rings. The minimum Gasteiger partial charge on any atom is -0.462 e. The summed E-state index contributed by atoms with van der Waals surface area (Å²) in [4.78, 5) is 12.2. The molecular weight excluding hydrogens is 412 g/mol. The van der Waals surface area contributed by atoms with Crippen LogP contribution in [0.2, 0.25) is 5.15 Å². The van der Waals surface area contributed by atoms with Gasteiger partial charge >= 0.3 is 0 Å². The van der Waals surface area contributed by atoms with Crippen LogP contribution in [0.4, 0.5) is 5.82 Å². The molecule has 0 amide bonds. The fraction of sp³-hybridized carbons (Fsp3) is 0.474. The molecular formula is C19H19ClN6O2S. The van der Waals surface area contributed by atoms with Gasteiger partial charge in [0.15, 0.2) is 0 Å². The second-order valence-corrected chi connectivity index (χ2v) is 8.34. The number of aromatic nitrogens is 2. The number of hydrogen-bond donors (Lipinski definition) is 1. The zero-order valence-corrected chi connectivity index (χ0v) is 17.4. The maximum atomic E-state index is 9.58. The average Bonchev–Trinajstić information content (AvgIpc) is 3.02. The number of fused-ring (bicyclic) bond motifs is 1. The molecule has 1 fully saturated rings. The molecule has 2 aliphatic heterocycles. The smallest absolute Gasteiger partial charge is 0.274 e. The Bertz CT molecular complexity index is 1010. The first-order chi connectivity index (χ1) is 14.1. The van der Waals surface area contributed by atoms with Crippen LogP contribution < -0.4 is 10.1 Å². The van der Waals surface area contributed by atoms with Gasteiger partial charge in [-0.05, 0) is 18.9 Å². The first-order valence-corrected chi connectivity index (χ1v) is 10.4. The topological polar surface area (TPSA) is 107 Å². The number of nitrogens with one attached hydrogen (secondary N) is 1. The summed E-state index contributed by atoms with van der Waals surface area (Å²) < 4.78 is 11.0. The molecule has 2 aliphatic rings. The average molecular weight is 431 g/mol. The van der Waals surface area contributed by atoms with Crippen LogP contribution in [0.1, 0.15) is 27.3 Å². The zero-order chi connectivity index (χ0) is 20.4. The van der Waals surface area contributed by atoms with Crippen molar-refractivity contribution < 1.29 is 9.47 Å². The standard InChI is InChI=1S/C19H19ClN6O2S/c1-11-16(29-19(24-11)28-12-9-27-10-12)8-26-5-2-13-15(7-26)14(6-22)17(20)25-18(13)23-4-3-21/h12H,2,4-5,7-10H2,1H3,(H,23,25). The van der Waals surface area contributed by atoms with Crippen molar-refractivity contribution in [2.45, 2.75) is 32.5 Å². The van der Waals surface area contributed by atoms with E-state index in [-0.39, 0.29) is 17.8 Å². The summed E-state index contributed by atoms with van der Waals surface area (Å²) in [7, 11) is 0. The highest BCUT2D eigenvalue weighted by Crippen LogP contribution is 2.34. The molecule has 29 heavy (non-hydrogen) atoms. The van der Waals surface area contributed by atoms with Crippen molar-refractivity contribution in [3.05, 3.63) is 32.4 Å². The van der Waals surface area contributed by atoms with Gasteiger partial charge in [-0.1, -0.05) is 22.9 Å². The summed E-state index contributed by atoms with van der Waals surface area (Å²) >= 11 is 7.80. The number of halogens is 1. The number of thiazole rings is 1. The molecule has 0 atom stereocenters. The maximum absolute atomic E-state index is 9.58. The van der Waals surface area contributed by atoms with Crippen molar-refractivity contribution in [1.29, 1.82) is 10.5 Å². The third kappa shape index (κ3) is 4.14. The molecule has 4 heterocycles. The SMILES string of the molecule is Cc1nc(OC2COC2)sc1CN1CCc2c(NCC#N)nc(Cl)c(C#N)c2C1. The second-order valence-electron chi connectivity index (χ2n) is 6.93. The Kier molecular flexibility index (Phi) is 5.84. The maximum Gasteiger partial charge on any atom is 0.274 e. The van der Waals surface area contributed by atoms with E-state index in [4.69, 9.17) is 26.3 Å². The van der Waals surface area contributed by atoms with Crippen LogP contribution in [0.5, 0.6) is 5.19 Å². The molecule has 10 heteroatoms. The van der Waals surface area contributed by atoms with Crippen LogP contribution in [0.25, 0.3) is 0 Å². The summed E-state index contributed by atoms with van der Waals surface area (Å²) in [5.74, 6) is 0.595. The van der Waals surface area contributed by atoms with E-state index in [0.717, 1.165) is 41.2 Å². The van der Waals surface area contributed by atoms with E-state index >= 15 is 0 Å². The number of nitrogens with zero attached hydrogens (tertiary/aromatic N) is 5. The van der Waals surface area contributed by atoms with Crippen LogP contribution in [0.15, 0.2) is 0 Å². The molecule has 0 bridgehead atoms. The van der Waals surface area contributed by atoms with E-state index in [9.17, 15) is 5.26 Å². The first kappa shape index (κ1) is 19.9. The number of hydrogen-bond acceptors (Lipinski definition) is 9. The Morgan fingerprint density at radius 2 is 2.17 bits per heavy atom. The molecule has 2 aromatic heterocycles. The van der Waals surface area contributed by atoms with Gasteiger partial charge in [-0.2, -0.15) is 10.5 Å². The second kappa shape index (κ2) is 8.52. The molecule has 1 saturated heterocycles. The Morgan fingerprint density at radius 3 is 2.86 bits per heavy atom. The van der Waals surface area contributed by atoms with Gasteiger partial charge in [-0.15, -0.1) is 0 Å². The van der Waals surface area contributed by atoms with Crippen molar-refractivity contribution in [2.24, 2.45) is 0 Å². The molecule has 0 unspecified atom stereocenters. The lowest BCUT2D eigenvalue weighted by molar-refractivity contribution is -0.0797. The van der Waals surface area contributed by atoms with Crippen molar-refractivity contribution in [3.63, 3.8) is 0 Å². The summed E-state index contributed by atoms with van der Waals surface area (Å²) in [5, 5.41) is 22.3. The third-order valence-corrected chi connectivity index (χ3v) is 6.30. The van der Waals surface area contributed by atoms with Gasteiger partial charge in [0.05, 0.1) is 30.5 Å². The molecule has 0 aliphatic carbocycles. The van der Waals surface area contributed by atoms with Crippen molar-refractivity contribution in [2.75, 3.05) is 31.6 Å². The normalized spacial score (nSPS) is 16.4. The van der Waals surface area contributed by atoms with E-state index in [2.05, 4.69) is 26.3 Å². The Morgan fingerprint density at radius 1 is 1.34 bits per heavy atom. The highest BCUT2D eigenvalue weighted by molar-refractivity contribution is 7.13. The lowest BCUT2D eigenvalue weighted by atomic mass is 9.96. The van der Waals surface area contributed by atoms with Crippen LogP contribution in [0.3, 0.4) is 0 Å². The minimum absolute atomic E-state index is 0.0995.